The number of rotatable bonds is 7. The van der Waals surface area contributed by atoms with E-state index in [0.717, 1.165) is 4.62 Å². The van der Waals surface area contributed by atoms with Crippen molar-refractivity contribution in [3.05, 3.63) is 17.5 Å². The van der Waals surface area contributed by atoms with E-state index in [9.17, 15) is 0 Å². The van der Waals surface area contributed by atoms with Crippen LogP contribution in [0.2, 0.25) is 0 Å². The molecule has 6 heteroatoms. The van der Waals surface area contributed by atoms with Gasteiger partial charge in [0.15, 0.2) is 0 Å². The minimum Gasteiger partial charge on any atom is -0.329 e. The zero-order chi connectivity index (χ0) is 10.2. The second-order valence-corrected chi connectivity index (χ2v) is 5.77. The van der Waals surface area contributed by atoms with E-state index in [1.807, 2.05) is 17.5 Å². The van der Waals surface area contributed by atoms with E-state index < -0.39 is 8.38 Å². The molecule has 0 spiro atoms. The number of hydrogen-bond acceptors (Lipinski definition) is 3. The van der Waals surface area contributed by atoms with E-state index in [1.54, 1.807) is 11.3 Å². The van der Waals surface area contributed by atoms with Crippen molar-refractivity contribution in [3.63, 3.8) is 0 Å². The van der Waals surface area contributed by atoms with E-state index in [2.05, 4.69) is 0 Å². The minimum absolute atomic E-state index is 0.481. The maximum atomic E-state index is 5.55. The lowest BCUT2D eigenvalue weighted by atomic mass is 10.7. The van der Waals surface area contributed by atoms with Gasteiger partial charge in [-0.2, -0.15) is 0 Å². The highest BCUT2D eigenvalue weighted by atomic mass is 35.5. The molecule has 1 aromatic heterocycles. The Bertz CT molecular complexity index is 225. The summed E-state index contributed by atoms with van der Waals surface area (Å²) in [5.74, 6) is 0.961. The fourth-order valence-corrected chi connectivity index (χ4v) is 3.49. The molecule has 0 radical (unpaired) electrons. The van der Waals surface area contributed by atoms with Crippen LogP contribution in [0.4, 0.5) is 0 Å². The lowest BCUT2D eigenvalue weighted by Gasteiger charge is -2.14. The molecule has 1 aromatic rings. The maximum absolute atomic E-state index is 5.55. The van der Waals surface area contributed by atoms with Crippen molar-refractivity contribution in [2.45, 2.75) is 0 Å². The molecule has 80 valence electrons. The summed E-state index contributed by atoms with van der Waals surface area (Å²) >= 11 is 12.7. The van der Waals surface area contributed by atoms with E-state index in [1.165, 1.54) is 0 Å². The second kappa shape index (κ2) is 7.86. The molecule has 0 bridgehead atoms. The zero-order valence-corrected chi connectivity index (χ0v) is 10.7. The molecule has 0 aliphatic rings. The lowest BCUT2D eigenvalue weighted by Crippen LogP contribution is -2.04. The van der Waals surface area contributed by atoms with Gasteiger partial charge in [-0.1, -0.05) is 6.07 Å². The van der Waals surface area contributed by atoms with Crippen LogP contribution in [0.5, 0.6) is 0 Å². The molecule has 0 aliphatic carbocycles. The summed E-state index contributed by atoms with van der Waals surface area (Å²) in [5, 5.41) is 2.00. The van der Waals surface area contributed by atoms with Crippen LogP contribution in [0, 0.1) is 0 Å². The van der Waals surface area contributed by atoms with Gasteiger partial charge in [-0.05, 0) is 11.4 Å². The van der Waals surface area contributed by atoms with Crippen molar-refractivity contribution in [1.82, 2.24) is 0 Å². The van der Waals surface area contributed by atoms with E-state index in [-0.39, 0.29) is 0 Å². The molecule has 0 aliphatic heterocycles. The summed E-state index contributed by atoms with van der Waals surface area (Å²) in [6, 6.07) is 3.97. The Labute approximate surface area is 99.0 Å². The molecule has 14 heavy (non-hydrogen) atoms. The van der Waals surface area contributed by atoms with Crippen LogP contribution in [0.25, 0.3) is 0 Å². The van der Waals surface area contributed by atoms with Crippen LogP contribution in [0.1, 0.15) is 0 Å². The van der Waals surface area contributed by atoms with Gasteiger partial charge in [0.25, 0.3) is 0 Å². The normalized spacial score (nSPS) is 11.1. The lowest BCUT2D eigenvalue weighted by molar-refractivity contribution is 0.280. The minimum atomic E-state index is -0.981. The molecule has 1 rings (SSSR count). The average Bonchev–Trinajstić information content (AvgIpc) is 2.71. The van der Waals surface area contributed by atoms with Crippen molar-refractivity contribution in [3.8, 4) is 0 Å². The first-order valence-electron chi connectivity index (χ1n) is 4.10. The predicted molar refractivity (Wildman–Crippen MR) is 64.2 cm³/mol. The molecular formula is C8H11Cl2O2PS. The van der Waals surface area contributed by atoms with Crippen molar-refractivity contribution in [2.24, 2.45) is 0 Å². The monoisotopic (exact) mass is 272 g/mol. The van der Waals surface area contributed by atoms with Crippen LogP contribution in [0.3, 0.4) is 0 Å². The molecule has 0 amide bonds. The standard InChI is InChI=1S/C8H11Cl2O2PS/c9-3-5-11-13(12-6-4-10)8-2-1-7-14-8/h1-2,7H,3-6H2. The third kappa shape index (κ3) is 4.43. The Morgan fingerprint density at radius 3 is 2.29 bits per heavy atom. The number of halogens is 2. The van der Waals surface area contributed by atoms with Crippen molar-refractivity contribution in [1.29, 1.82) is 0 Å². The molecule has 1 heterocycles. The zero-order valence-electron chi connectivity index (χ0n) is 7.49. The van der Waals surface area contributed by atoms with Crippen LogP contribution in [0.15, 0.2) is 17.5 Å². The molecule has 0 saturated heterocycles. The molecular weight excluding hydrogens is 262 g/mol. The molecule has 0 N–H and O–H groups in total. The Balaban J connectivity index is 2.44. The van der Waals surface area contributed by atoms with Crippen LogP contribution in [-0.2, 0) is 9.05 Å². The summed E-state index contributed by atoms with van der Waals surface area (Å²) in [4.78, 5) is 0. The SMILES string of the molecule is ClCCOP(OCCCl)c1cccs1. The summed E-state index contributed by atoms with van der Waals surface area (Å²) in [5.41, 5.74) is 0. The van der Waals surface area contributed by atoms with Crippen LogP contribution in [-0.4, -0.2) is 25.0 Å². The largest absolute Gasteiger partial charge is 0.329 e. The summed E-state index contributed by atoms with van der Waals surface area (Å²) in [6.45, 7) is 1.01. The van der Waals surface area contributed by atoms with Gasteiger partial charge in [0.05, 0.1) is 17.8 Å². The highest BCUT2D eigenvalue weighted by molar-refractivity contribution is 7.63. The molecule has 2 nitrogen and oxygen atoms in total. The highest BCUT2D eigenvalue weighted by Crippen LogP contribution is 2.38. The first-order valence-corrected chi connectivity index (χ1v) is 7.22. The van der Waals surface area contributed by atoms with Crippen LogP contribution < -0.4 is 4.62 Å². The number of hydrogen-bond donors (Lipinski definition) is 0. The van der Waals surface area contributed by atoms with E-state index in [0.29, 0.717) is 25.0 Å². The quantitative estimate of drug-likeness (QED) is 0.561. The third-order valence-electron chi connectivity index (χ3n) is 1.26. The van der Waals surface area contributed by atoms with Gasteiger partial charge in [-0.3, -0.25) is 0 Å². The van der Waals surface area contributed by atoms with Gasteiger partial charge in [0.2, 0.25) is 8.38 Å². The third-order valence-corrected chi connectivity index (χ3v) is 4.34. The van der Waals surface area contributed by atoms with Gasteiger partial charge in [0.1, 0.15) is 0 Å². The van der Waals surface area contributed by atoms with Gasteiger partial charge in [-0.25, -0.2) is 0 Å². The topological polar surface area (TPSA) is 18.5 Å². The first-order chi connectivity index (χ1) is 6.88. The Morgan fingerprint density at radius 2 is 1.86 bits per heavy atom. The summed E-state index contributed by atoms with van der Waals surface area (Å²) in [6.07, 6.45) is 0. The second-order valence-electron chi connectivity index (χ2n) is 2.25. The summed E-state index contributed by atoms with van der Waals surface area (Å²) in [7, 11) is -0.981. The van der Waals surface area contributed by atoms with Crippen molar-refractivity contribution in [2.75, 3.05) is 25.0 Å². The molecule has 0 aromatic carbocycles. The van der Waals surface area contributed by atoms with Gasteiger partial charge < -0.3 is 9.05 Å². The van der Waals surface area contributed by atoms with E-state index >= 15 is 0 Å². The Morgan fingerprint density at radius 1 is 1.21 bits per heavy atom. The van der Waals surface area contributed by atoms with Crippen LogP contribution >= 0.6 is 42.9 Å². The van der Waals surface area contributed by atoms with Gasteiger partial charge in [0, 0.05) is 11.8 Å². The number of thiophene rings is 1. The fourth-order valence-electron chi connectivity index (χ4n) is 0.773. The fraction of sp³-hybridized carbons (Fsp3) is 0.500. The summed E-state index contributed by atoms with van der Waals surface area (Å²) < 4.78 is 12.1. The van der Waals surface area contributed by atoms with Crippen molar-refractivity contribution < 1.29 is 9.05 Å². The Hall–Kier alpha value is 0.630. The predicted octanol–water partition coefficient (Wildman–Crippen LogP) is 3.20. The first kappa shape index (κ1) is 12.7. The molecule has 0 atom stereocenters. The average molecular weight is 273 g/mol. The molecule has 0 unspecified atom stereocenters. The smallest absolute Gasteiger partial charge is 0.215 e. The van der Waals surface area contributed by atoms with Crippen molar-refractivity contribution >= 4 is 47.5 Å². The number of alkyl halides is 2. The Kier molecular flexibility index (Phi) is 7.13. The van der Waals surface area contributed by atoms with E-state index in [4.69, 9.17) is 32.2 Å². The van der Waals surface area contributed by atoms with Gasteiger partial charge in [-0.15, -0.1) is 34.5 Å². The molecule has 0 fully saturated rings. The van der Waals surface area contributed by atoms with Gasteiger partial charge >= 0.3 is 0 Å². The highest BCUT2D eigenvalue weighted by Gasteiger charge is 2.14. The molecule has 0 saturated carbocycles. The maximum Gasteiger partial charge on any atom is 0.215 e.